The van der Waals surface area contributed by atoms with Crippen molar-refractivity contribution in [2.75, 3.05) is 18.6 Å². The van der Waals surface area contributed by atoms with Crippen LogP contribution in [-0.4, -0.2) is 30.6 Å². The van der Waals surface area contributed by atoms with Crippen LogP contribution in [0.5, 0.6) is 0 Å². The van der Waals surface area contributed by atoms with Crippen LogP contribution in [0.1, 0.15) is 27.6 Å². The van der Waals surface area contributed by atoms with E-state index in [0.29, 0.717) is 22.8 Å². The normalized spacial score (nSPS) is 9.92. The first-order valence-corrected chi connectivity index (χ1v) is 7.84. The van der Waals surface area contributed by atoms with E-state index in [0.717, 1.165) is 5.69 Å². The number of ether oxygens (including phenoxy) is 1. The molecule has 6 heteroatoms. The van der Waals surface area contributed by atoms with Crippen LogP contribution in [0.4, 0.5) is 5.69 Å². The zero-order valence-electron chi connectivity index (χ0n) is 13.5. The van der Waals surface area contributed by atoms with Crippen LogP contribution in [0, 0.1) is 0 Å². The molecular weight excluding hydrogens is 324 g/mol. The van der Waals surface area contributed by atoms with Crippen molar-refractivity contribution in [2.24, 2.45) is 0 Å². The summed E-state index contributed by atoms with van der Waals surface area (Å²) in [4.78, 5) is 25.6. The van der Waals surface area contributed by atoms with Crippen molar-refractivity contribution in [2.45, 2.75) is 6.92 Å². The number of carbonyl (C=O) groups excluding carboxylic acids is 2. The first-order valence-electron chi connectivity index (χ1n) is 7.43. The molecule has 0 saturated carbocycles. The van der Waals surface area contributed by atoms with Gasteiger partial charge in [-0.15, -0.1) is 0 Å². The Balaban J connectivity index is 2.08. The molecule has 0 heterocycles. The fraction of sp³-hybridized carbons (Fsp3) is 0.167. The molecule has 0 aliphatic heterocycles. The lowest BCUT2D eigenvalue weighted by atomic mass is 10.1. The Hall–Kier alpha value is -2.73. The van der Waals surface area contributed by atoms with Gasteiger partial charge in [0, 0.05) is 17.8 Å². The average molecular weight is 342 g/mol. The molecule has 0 spiro atoms. The molecule has 5 nitrogen and oxygen atoms in total. The summed E-state index contributed by atoms with van der Waals surface area (Å²) in [6.07, 6.45) is 0. The van der Waals surface area contributed by atoms with E-state index in [9.17, 15) is 9.59 Å². The maximum absolute atomic E-state index is 12.3. The maximum atomic E-state index is 12.3. The number of hydrogen-bond acceptors (Lipinski definition) is 4. The number of hydrogen-bond donors (Lipinski definition) is 1. The number of rotatable bonds is 4. The number of anilines is 1. The predicted octanol–water partition coefficient (Wildman–Crippen LogP) is 3.01. The van der Waals surface area contributed by atoms with E-state index in [1.54, 1.807) is 24.3 Å². The molecule has 124 valence electrons. The minimum atomic E-state index is -0.446. The second kappa shape index (κ2) is 8.21. The largest absolute Gasteiger partial charge is 0.465 e. The molecule has 0 atom stereocenters. The number of carbonyl (C=O) groups is 2. The van der Waals surface area contributed by atoms with Crippen molar-refractivity contribution in [1.29, 1.82) is 0 Å². The third-order valence-electron chi connectivity index (χ3n) is 3.42. The lowest BCUT2D eigenvalue weighted by Gasteiger charge is -2.23. The highest BCUT2D eigenvalue weighted by Crippen LogP contribution is 2.13. The van der Waals surface area contributed by atoms with Gasteiger partial charge in [-0.2, -0.15) is 0 Å². The number of nitrogens with zero attached hydrogens (tertiary/aromatic N) is 1. The second-order valence-corrected chi connectivity index (χ2v) is 5.29. The Kier molecular flexibility index (Phi) is 6.03. The van der Waals surface area contributed by atoms with Crippen molar-refractivity contribution in [3.8, 4) is 0 Å². The van der Waals surface area contributed by atoms with Crippen LogP contribution in [-0.2, 0) is 4.74 Å². The standard InChI is InChI=1S/C18H18N2O3S/c1-3-20(15-7-5-4-6-8-15)18(24)19-16(21)13-9-11-14(12-10-13)17(22)23-2/h4-12H,3H2,1-2H3,(H,19,21,24). The summed E-state index contributed by atoms with van der Waals surface area (Å²) in [6, 6.07) is 15.8. The molecule has 0 aliphatic rings. The van der Waals surface area contributed by atoms with Crippen molar-refractivity contribution < 1.29 is 14.3 Å². The quantitative estimate of drug-likeness (QED) is 0.684. The van der Waals surface area contributed by atoms with Gasteiger partial charge in [-0.3, -0.25) is 10.1 Å². The van der Waals surface area contributed by atoms with Gasteiger partial charge >= 0.3 is 5.97 Å². The molecule has 2 rings (SSSR count). The van der Waals surface area contributed by atoms with Gasteiger partial charge in [-0.25, -0.2) is 4.79 Å². The first kappa shape index (κ1) is 17.6. The third-order valence-corrected chi connectivity index (χ3v) is 3.74. The van der Waals surface area contributed by atoms with Gasteiger partial charge < -0.3 is 9.64 Å². The Morgan fingerprint density at radius 3 is 2.17 bits per heavy atom. The zero-order valence-corrected chi connectivity index (χ0v) is 14.3. The lowest BCUT2D eigenvalue weighted by Crippen LogP contribution is -2.42. The Labute approximate surface area is 146 Å². The van der Waals surface area contributed by atoms with Crippen molar-refractivity contribution in [3.05, 3.63) is 65.7 Å². The van der Waals surface area contributed by atoms with Gasteiger partial charge in [-0.05, 0) is 55.5 Å². The highest BCUT2D eigenvalue weighted by atomic mass is 32.1. The minimum Gasteiger partial charge on any atom is -0.465 e. The van der Waals surface area contributed by atoms with E-state index in [2.05, 4.69) is 10.1 Å². The van der Waals surface area contributed by atoms with Crippen molar-refractivity contribution in [3.63, 3.8) is 0 Å². The van der Waals surface area contributed by atoms with E-state index in [1.807, 2.05) is 42.2 Å². The minimum absolute atomic E-state index is 0.325. The number of amides is 1. The molecule has 2 aromatic rings. The summed E-state index contributed by atoms with van der Waals surface area (Å²) in [7, 11) is 1.31. The summed E-state index contributed by atoms with van der Waals surface area (Å²) < 4.78 is 4.63. The third kappa shape index (κ3) is 4.17. The van der Waals surface area contributed by atoms with Gasteiger partial charge in [0.05, 0.1) is 12.7 Å². The molecule has 24 heavy (non-hydrogen) atoms. The van der Waals surface area contributed by atoms with Gasteiger partial charge in [0.2, 0.25) is 0 Å². The SMILES string of the molecule is CCN(C(=S)NC(=O)c1ccc(C(=O)OC)cc1)c1ccccc1. The molecule has 0 bridgehead atoms. The monoisotopic (exact) mass is 342 g/mol. The number of para-hydroxylation sites is 1. The first-order chi connectivity index (χ1) is 11.6. The molecule has 0 aromatic heterocycles. The van der Waals surface area contributed by atoms with E-state index in [1.165, 1.54) is 7.11 Å². The van der Waals surface area contributed by atoms with Crippen LogP contribution >= 0.6 is 12.2 Å². The molecular formula is C18H18N2O3S. The van der Waals surface area contributed by atoms with Gasteiger partial charge in [-0.1, -0.05) is 18.2 Å². The number of thiocarbonyl (C=S) groups is 1. The second-order valence-electron chi connectivity index (χ2n) is 4.91. The van der Waals surface area contributed by atoms with E-state index < -0.39 is 5.97 Å². The highest BCUT2D eigenvalue weighted by molar-refractivity contribution is 7.80. The fourth-order valence-corrected chi connectivity index (χ4v) is 2.49. The summed E-state index contributed by atoms with van der Waals surface area (Å²) >= 11 is 5.34. The summed E-state index contributed by atoms with van der Waals surface area (Å²) in [5, 5.41) is 3.04. The molecule has 1 N–H and O–H groups in total. The molecule has 1 amide bonds. The molecule has 0 unspecified atom stereocenters. The number of nitrogens with one attached hydrogen (secondary N) is 1. The summed E-state index contributed by atoms with van der Waals surface area (Å²) in [6.45, 7) is 2.58. The number of esters is 1. The van der Waals surface area contributed by atoms with Gasteiger partial charge in [0.1, 0.15) is 0 Å². The maximum Gasteiger partial charge on any atom is 0.337 e. The topological polar surface area (TPSA) is 58.6 Å². The fourth-order valence-electron chi connectivity index (χ4n) is 2.16. The van der Waals surface area contributed by atoms with Gasteiger partial charge in [0.15, 0.2) is 5.11 Å². The van der Waals surface area contributed by atoms with Crippen molar-refractivity contribution >= 4 is 34.9 Å². The Morgan fingerprint density at radius 1 is 1.04 bits per heavy atom. The molecule has 0 radical (unpaired) electrons. The lowest BCUT2D eigenvalue weighted by molar-refractivity contribution is 0.0600. The smallest absolute Gasteiger partial charge is 0.337 e. The Bertz CT molecular complexity index is 730. The van der Waals surface area contributed by atoms with Crippen LogP contribution in [0.2, 0.25) is 0 Å². The number of benzene rings is 2. The zero-order chi connectivity index (χ0) is 17.5. The summed E-state index contributed by atoms with van der Waals surface area (Å²) in [5.41, 5.74) is 1.71. The highest BCUT2D eigenvalue weighted by Gasteiger charge is 2.14. The van der Waals surface area contributed by atoms with Crippen LogP contribution in [0.25, 0.3) is 0 Å². The van der Waals surface area contributed by atoms with Gasteiger partial charge in [0.25, 0.3) is 5.91 Å². The predicted molar refractivity (Wildman–Crippen MR) is 97.3 cm³/mol. The summed E-state index contributed by atoms with van der Waals surface area (Å²) in [5.74, 6) is -0.774. The molecule has 0 saturated heterocycles. The van der Waals surface area contributed by atoms with E-state index in [-0.39, 0.29) is 5.91 Å². The molecule has 0 aliphatic carbocycles. The molecule has 0 fully saturated rings. The van der Waals surface area contributed by atoms with Crippen LogP contribution < -0.4 is 10.2 Å². The number of methoxy groups -OCH3 is 1. The average Bonchev–Trinajstić information content (AvgIpc) is 2.62. The molecule has 2 aromatic carbocycles. The van der Waals surface area contributed by atoms with E-state index >= 15 is 0 Å². The van der Waals surface area contributed by atoms with Crippen LogP contribution in [0.3, 0.4) is 0 Å². The Morgan fingerprint density at radius 2 is 1.62 bits per heavy atom. The van der Waals surface area contributed by atoms with Crippen LogP contribution in [0.15, 0.2) is 54.6 Å². The van der Waals surface area contributed by atoms with E-state index in [4.69, 9.17) is 12.2 Å². The van der Waals surface area contributed by atoms with Crippen molar-refractivity contribution in [1.82, 2.24) is 5.32 Å².